The van der Waals surface area contributed by atoms with Crippen molar-refractivity contribution in [3.63, 3.8) is 0 Å². The number of carboxylic acids is 1. The number of benzene rings is 1. The van der Waals surface area contributed by atoms with E-state index >= 15 is 0 Å². The molecule has 2 rings (SSSR count). The number of carboxylic acid groups (broad SMARTS) is 1. The van der Waals surface area contributed by atoms with Gasteiger partial charge in [0, 0.05) is 0 Å². The Bertz CT molecular complexity index is 447. The highest BCUT2D eigenvalue weighted by Gasteiger charge is 2.50. The fourth-order valence-corrected chi connectivity index (χ4v) is 1.87. The Labute approximate surface area is 96.1 Å². The normalized spacial score (nSPS) is 17.8. The molecule has 0 unspecified atom stereocenters. The molecule has 0 saturated heterocycles. The lowest BCUT2D eigenvalue weighted by molar-refractivity contribution is -0.143. The highest BCUT2D eigenvalue weighted by Crippen LogP contribution is 2.48. The lowest BCUT2D eigenvalue weighted by Gasteiger charge is -2.12. The summed E-state index contributed by atoms with van der Waals surface area (Å²) in [5.74, 6) is -0.921. The van der Waals surface area contributed by atoms with E-state index in [1.807, 2.05) is 0 Å². The first kappa shape index (κ1) is 12.0. The Kier molecular flexibility index (Phi) is 2.64. The van der Waals surface area contributed by atoms with Gasteiger partial charge in [-0.2, -0.15) is 13.2 Å². The predicted molar refractivity (Wildman–Crippen MR) is 54.5 cm³/mol. The molecule has 1 aliphatic rings. The highest BCUT2D eigenvalue weighted by atomic mass is 19.4. The van der Waals surface area contributed by atoms with Crippen LogP contribution < -0.4 is 0 Å². The molecule has 0 aliphatic heterocycles. The maximum atomic E-state index is 12.5. The van der Waals surface area contributed by atoms with E-state index in [1.165, 1.54) is 12.1 Å². The molecule has 0 amide bonds. The predicted octanol–water partition coefficient (Wildman–Crippen LogP) is 3.11. The van der Waals surface area contributed by atoms with Crippen molar-refractivity contribution >= 4 is 5.97 Å². The van der Waals surface area contributed by atoms with Crippen LogP contribution in [0, 0.1) is 5.41 Å². The monoisotopic (exact) mass is 244 g/mol. The number of hydrogen-bond donors (Lipinski definition) is 1. The molecule has 0 heterocycles. The molecule has 0 radical (unpaired) electrons. The summed E-state index contributed by atoms with van der Waals surface area (Å²) in [6.07, 6.45) is -3.13. The second-order valence-electron chi connectivity index (χ2n) is 4.46. The lowest BCUT2D eigenvalue weighted by Crippen LogP contribution is -2.18. The fraction of sp³-hybridized carbons (Fsp3) is 0.417. The van der Waals surface area contributed by atoms with Crippen LogP contribution in [-0.4, -0.2) is 11.1 Å². The number of hydrogen-bond acceptors (Lipinski definition) is 1. The second-order valence-corrected chi connectivity index (χ2v) is 4.46. The van der Waals surface area contributed by atoms with Crippen molar-refractivity contribution in [2.24, 2.45) is 5.41 Å². The van der Waals surface area contributed by atoms with E-state index in [9.17, 15) is 18.0 Å². The summed E-state index contributed by atoms with van der Waals surface area (Å²) in [6, 6.07) is 4.88. The molecule has 1 fully saturated rings. The average molecular weight is 244 g/mol. The maximum Gasteiger partial charge on any atom is 0.416 e. The smallest absolute Gasteiger partial charge is 0.416 e. The minimum Gasteiger partial charge on any atom is -0.481 e. The van der Waals surface area contributed by atoms with Gasteiger partial charge in [0.05, 0.1) is 11.0 Å². The van der Waals surface area contributed by atoms with Crippen molar-refractivity contribution in [2.75, 3.05) is 0 Å². The van der Waals surface area contributed by atoms with Gasteiger partial charge in [-0.1, -0.05) is 18.2 Å². The van der Waals surface area contributed by atoms with E-state index in [-0.39, 0.29) is 6.42 Å². The topological polar surface area (TPSA) is 37.3 Å². The third kappa shape index (κ3) is 2.43. The van der Waals surface area contributed by atoms with Crippen LogP contribution in [0.2, 0.25) is 0 Å². The minimum atomic E-state index is -4.38. The van der Waals surface area contributed by atoms with Gasteiger partial charge in [0.15, 0.2) is 0 Å². The highest BCUT2D eigenvalue weighted by molar-refractivity contribution is 5.78. The fourth-order valence-electron chi connectivity index (χ4n) is 1.87. The standard InChI is InChI=1S/C12H11F3O2/c13-12(14,15)9-3-1-2-8(6-9)7-11(4-5-11)10(16)17/h1-3,6H,4-5,7H2,(H,16,17). The van der Waals surface area contributed by atoms with Crippen molar-refractivity contribution in [3.8, 4) is 0 Å². The molecule has 0 bridgehead atoms. The SMILES string of the molecule is O=C(O)C1(Cc2cccc(C(F)(F)F)c2)CC1. The molecule has 0 spiro atoms. The molecular formula is C12H11F3O2. The van der Waals surface area contributed by atoms with Gasteiger partial charge in [-0.15, -0.1) is 0 Å². The van der Waals surface area contributed by atoms with E-state index in [0.29, 0.717) is 18.4 Å². The zero-order valence-corrected chi connectivity index (χ0v) is 8.92. The molecule has 1 aliphatic carbocycles. The lowest BCUT2D eigenvalue weighted by atomic mass is 9.95. The molecule has 92 valence electrons. The van der Waals surface area contributed by atoms with Crippen LogP contribution in [0.3, 0.4) is 0 Å². The first-order valence-electron chi connectivity index (χ1n) is 5.23. The molecule has 0 aromatic heterocycles. The summed E-state index contributed by atoms with van der Waals surface area (Å²) in [6.45, 7) is 0. The van der Waals surface area contributed by atoms with E-state index in [4.69, 9.17) is 5.11 Å². The van der Waals surface area contributed by atoms with Crippen molar-refractivity contribution in [2.45, 2.75) is 25.4 Å². The quantitative estimate of drug-likeness (QED) is 0.887. The average Bonchev–Trinajstić information content (AvgIpc) is 2.98. The Morgan fingerprint density at radius 1 is 1.35 bits per heavy atom. The number of halogens is 3. The van der Waals surface area contributed by atoms with Crippen molar-refractivity contribution in [1.82, 2.24) is 0 Å². The summed E-state index contributed by atoms with van der Waals surface area (Å²) < 4.78 is 37.4. The molecule has 1 saturated carbocycles. The number of aliphatic carboxylic acids is 1. The molecule has 1 aromatic rings. The van der Waals surface area contributed by atoms with Gasteiger partial charge in [-0.05, 0) is 30.9 Å². The summed E-state index contributed by atoms with van der Waals surface area (Å²) in [5.41, 5.74) is -1.12. The van der Waals surface area contributed by atoms with Gasteiger partial charge in [-0.25, -0.2) is 0 Å². The van der Waals surface area contributed by atoms with Gasteiger partial charge >= 0.3 is 12.1 Å². The van der Waals surface area contributed by atoms with Crippen LogP contribution >= 0.6 is 0 Å². The minimum absolute atomic E-state index is 0.173. The maximum absolute atomic E-state index is 12.5. The van der Waals surface area contributed by atoms with Gasteiger partial charge in [0.1, 0.15) is 0 Å². The molecule has 5 heteroatoms. The summed E-state index contributed by atoms with van der Waals surface area (Å²) in [4.78, 5) is 10.9. The zero-order valence-electron chi connectivity index (χ0n) is 8.92. The Morgan fingerprint density at radius 3 is 2.47 bits per heavy atom. The third-order valence-corrected chi connectivity index (χ3v) is 3.10. The number of rotatable bonds is 3. The summed E-state index contributed by atoms with van der Waals surface area (Å²) in [7, 11) is 0. The van der Waals surface area contributed by atoms with Crippen molar-refractivity contribution in [1.29, 1.82) is 0 Å². The summed E-state index contributed by atoms with van der Waals surface area (Å²) in [5, 5.41) is 8.97. The zero-order chi connectivity index (χ0) is 12.7. The van der Waals surface area contributed by atoms with E-state index < -0.39 is 23.1 Å². The molecule has 1 aromatic carbocycles. The third-order valence-electron chi connectivity index (χ3n) is 3.10. The number of alkyl halides is 3. The van der Waals surface area contributed by atoms with Gasteiger partial charge < -0.3 is 5.11 Å². The van der Waals surface area contributed by atoms with Crippen LogP contribution in [-0.2, 0) is 17.4 Å². The molecular weight excluding hydrogens is 233 g/mol. The number of carbonyl (C=O) groups is 1. The van der Waals surface area contributed by atoms with Gasteiger partial charge in [0.2, 0.25) is 0 Å². The van der Waals surface area contributed by atoms with Gasteiger partial charge in [0.25, 0.3) is 0 Å². The largest absolute Gasteiger partial charge is 0.481 e. The Balaban J connectivity index is 2.21. The van der Waals surface area contributed by atoms with Crippen LogP contribution in [0.15, 0.2) is 24.3 Å². The Morgan fingerprint density at radius 2 is 2.00 bits per heavy atom. The van der Waals surface area contributed by atoms with Crippen LogP contribution in [0.25, 0.3) is 0 Å². The summed E-state index contributed by atoms with van der Waals surface area (Å²) >= 11 is 0. The second kappa shape index (κ2) is 3.75. The van der Waals surface area contributed by atoms with E-state index in [0.717, 1.165) is 12.1 Å². The molecule has 17 heavy (non-hydrogen) atoms. The van der Waals surface area contributed by atoms with E-state index in [1.54, 1.807) is 0 Å². The van der Waals surface area contributed by atoms with Crippen LogP contribution in [0.5, 0.6) is 0 Å². The Hall–Kier alpha value is -1.52. The van der Waals surface area contributed by atoms with Crippen molar-refractivity contribution in [3.05, 3.63) is 35.4 Å². The molecule has 0 atom stereocenters. The first-order chi connectivity index (χ1) is 7.83. The van der Waals surface area contributed by atoms with Crippen LogP contribution in [0.4, 0.5) is 13.2 Å². The van der Waals surface area contributed by atoms with E-state index in [2.05, 4.69) is 0 Å². The van der Waals surface area contributed by atoms with Crippen LogP contribution in [0.1, 0.15) is 24.0 Å². The van der Waals surface area contributed by atoms with Gasteiger partial charge in [-0.3, -0.25) is 4.79 Å². The first-order valence-corrected chi connectivity index (χ1v) is 5.23. The molecule has 1 N–H and O–H groups in total. The van der Waals surface area contributed by atoms with Crippen molar-refractivity contribution < 1.29 is 23.1 Å². The molecule has 2 nitrogen and oxygen atoms in total.